The van der Waals surface area contributed by atoms with E-state index in [0.29, 0.717) is 12.8 Å². The quantitative estimate of drug-likeness (QED) is 0.0195. The van der Waals surface area contributed by atoms with E-state index in [9.17, 15) is 35.1 Å². The second kappa shape index (κ2) is 62.8. The predicted molar refractivity (Wildman–Crippen MR) is 365 cm³/mol. The molecule has 8 unspecified atom stereocenters. The van der Waals surface area contributed by atoms with E-state index in [2.05, 4.69) is 111 Å². The van der Waals surface area contributed by atoms with E-state index in [1.54, 1.807) is 6.08 Å². The van der Waals surface area contributed by atoms with Gasteiger partial charge in [-0.15, -0.1) is 0 Å². The first kappa shape index (κ1) is 81.6. The molecule has 0 bridgehead atoms. The molecule has 0 spiro atoms. The number of rotatable bonds is 61. The van der Waals surface area contributed by atoms with Crippen LogP contribution in [0.5, 0.6) is 0 Å². The van der Waals surface area contributed by atoms with Crippen LogP contribution in [0.2, 0.25) is 0 Å². The minimum Gasteiger partial charge on any atom is -0.454 e. The molecule has 11 nitrogen and oxygen atoms in total. The summed E-state index contributed by atoms with van der Waals surface area (Å²) in [6.45, 7) is 5.75. The smallest absolute Gasteiger partial charge is 0.306 e. The van der Waals surface area contributed by atoms with Crippen molar-refractivity contribution in [2.75, 3.05) is 13.2 Å². The predicted octanol–water partition coefficient (Wildman–Crippen LogP) is 18.6. The molecule has 11 heteroatoms. The molecule has 1 heterocycles. The first-order chi connectivity index (χ1) is 42.7. The molecular weight excluding hydrogens is 1090 g/mol. The minimum absolute atomic E-state index is 0.0989. The Balaban J connectivity index is 2.61. The molecule has 1 fully saturated rings. The van der Waals surface area contributed by atoms with Crippen molar-refractivity contribution in [1.29, 1.82) is 0 Å². The fourth-order valence-corrected chi connectivity index (χ4v) is 10.8. The number of esters is 1. The maximum atomic E-state index is 13.5. The summed E-state index contributed by atoms with van der Waals surface area (Å²) >= 11 is 0. The van der Waals surface area contributed by atoms with Crippen molar-refractivity contribution in [2.24, 2.45) is 0 Å². The van der Waals surface area contributed by atoms with E-state index >= 15 is 0 Å². The molecule has 1 amide bonds. The molecule has 1 aliphatic heterocycles. The highest BCUT2D eigenvalue weighted by atomic mass is 16.7. The normalized spacial score (nSPS) is 18.8. The SMILES string of the molecule is CCCCC/C=C\C/C=C\C/C=C\C/C=C\CCCCCCCC(=O)OC1C(OCC(NC(=O)C(O)CCCCCCCCCCCCC/C=C\C/C=C\C/C=C\CCCCC)C(O)/C=C/CCCCCCCCCCCCC)OC(CO)C(O)C1O. The maximum absolute atomic E-state index is 13.5. The Morgan fingerprint density at radius 3 is 1.21 bits per heavy atom. The second-order valence-electron chi connectivity index (χ2n) is 24.6. The van der Waals surface area contributed by atoms with Crippen LogP contribution in [-0.4, -0.2) is 99.6 Å². The van der Waals surface area contributed by atoms with Gasteiger partial charge in [0.15, 0.2) is 12.4 Å². The number of hydrogen-bond donors (Lipinski definition) is 6. The maximum Gasteiger partial charge on any atom is 0.306 e. The lowest BCUT2D eigenvalue weighted by molar-refractivity contribution is -0.305. The number of carbonyl (C=O) groups excluding carboxylic acids is 2. The van der Waals surface area contributed by atoms with Crippen LogP contribution >= 0.6 is 0 Å². The van der Waals surface area contributed by atoms with Gasteiger partial charge < -0.3 is 45.1 Å². The number of nitrogens with one attached hydrogen (secondary N) is 1. The number of carbonyl (C=O) groups is 2. The van der Waals surface area contributed by atoms with E-state index in [1.807, 2.05) is 6.08 Å². The highest BCUT2D eigenvalue weighted by molar-refractivity contribution is 5.80. The van der Waals surface area contributed by atoms with Crippen LogP contribution in [0.25, 0.3) is 0 Å². The fraction of sp³-hybridized carbons (Fsp3) is 0.763. The van der Waals surface area contributed by atoms with Crippen molar-refractivity contribution in [3.05, 3.63) is 97.2 Å². The third kappa shape index (κ3) is 50.0. The summed E-state index contributed by atoms with van der Waals surface area (Å²) in [7, 11) is 0. The van der Waals surface area contributed by atoms with Crippen LogP contribution < -0.4 is 5.32 Å². The highest BCUT2D eigenvalue weighted by Gasteiger charge is 2.47. The zero-order valence-corrected chi connectivity index (χ0v) is 55.9. The lowest BCUT2D eigenvalue weighted by Gasteiger charge is -2.41. The van der Waals surface area contributed by atoms with E-state index in [-0.39, 0.29) is 19.4 Å². The van der Waals surface area contributed by atoms with Crippen molar-refractivity contribution < 1.29 is 49.3 Å². The number of hydrogen-bond acceptors (Lipinski definition) is 10. The van der Waals surface area contributed by atoms with Gasteiger partial charge in [0.2, 0.25) is 5.91 Å². The first-order valence-electron chi connectivity index (χ1n) is 36.0. The summed E-state index contributed by atoms with van der Waals surface area (Å²) in [6.07, 6.45) is 74.3. The van der Waals surface area contributed by atoms with Gasteiger partial charge >= 0.3 is 5.97 Å². The standard InChI is InChI=1S/C76H133NO10/c1-4-7-10-13-16-19-22-25-27-29-31-33-34-35-37-38-40-42-45-48-51-54-57-60-63-69(80)75(84)77-67(68(79)62-59-56-53-50-47-44-24-21-18-15-12-9-6-3)66-85-76-74(73(83)72(82)70(65-78)86-76)87-71(81)64-61-58-55-52-49-46-43-41-39-36-32-30-28-26-23-20-17-14-11-8-5-2/h16-17,19-20,25-28,31-33,36,41,43,59,62,67-70,72-74,76,78-80,82-83H,4-15,18,21-24,29-30,34-35,37-40,42,44-58,60-61,63-66H2,1-3H3,(H,77,84)/b19-16-,20-17-,27-25-,28-26-,33-31-,36-32-,43-41-,62-59+. The van der Waals surface area contributed by atoms with Gasteiger partial charge in [0.05, 0.1) is 25.4 Å². The molecule has 0 aliphatic carbocycles. The summed E-state index contributed by atoms with van der Waals surface area (Å²) < 4.78 is 17.7. The largest absolute Gasteiger partial charge is 0.454 e. The Bertz CT molecular complexity index is 1790. The molecule has 1 rings (SSSR count). The van der Waals surface area contributed by atoms with Crippen molar-refractivity contribution in [2.45, 2.75) is 359 Å². The molecule has 0 aromatic rings. The summed E-state index contributed by atoms with van der Waals surface area (Å²) in [5.74, 6) is -1.21. The van der Waals surface area contributed by atoms with Crippen LogP contribution in [-0.2, 0) is 23.8 Å². The van der Waals surface area contributed by atoms with Crippen LogP contribution in [0, 0.1) is 0 Å². The van der Waals surface area contributed by atoms with E-state index in [1.165, 1.54) is 154 Å². The summed E-state index contributed by atoms with van der Waals surface area (Å²) in [4.78, 5) is 26.7. The van der Waals surface area contributed by atoms with Crippen molar-refractivity contribution in [3.63, 3.8) is 0 Å². The molecule has 0 aromatic carbocycles. The minimum atomic E-state index is -1.63. The zero-order chi connectivity index (χ0) is 63.1. The van der Waals surface area contributed by atoms with Crippen LogP contribution in [0.1, 0.15) is 310 Å². The van der Waals surface area contributed by atoms with E-state index in [0.717, 1.165) is 109 Å². The number of unbranched alkanes of at least 4 members (excludes halogenated alkanes) is 33. The van der Waals surface area contributed by atoms with Crippen LogP contribution in [0.3, 0.4) is 0 Å². The average molecular weight is 1220 g/mol. The Morgan fingerprint density at radius 1 is 0.448 bits per heavy atom. The lowest BCUT2D eigenvalue weighted by Crippen LogP contribution is -2.61. The highest BCUT2D eigenvalue weighted by Crippen LogP contribution is 2.26. The van der Waals surface area contributed by atoms with Gasteiger partial charge in [0, 0.05) is 6.42 Å². The van der Waals surface area contributed by atoms with Crippen LogP contribution in [0.15, 0.2) is 97.2 Å². The van der Waals surface area contributed by atoms with Gasteiger partial charge in [-0.25, -0.2) is 0 Å². The number of aliphatic hydroxyl groups is 5. The molecule has 87 heavy (non-hydrogen) atoms. The van der Waals surface area contributed by atoms with Crippen molar-refractivity contribution >= 4 is 11.9 Å². The molecular formula is C76H133NO10. The molecule has 1 saturated heterocycles. The third-order valence-corrected chi connectivity index (χ3v) is 16.5. The van der Waals surface area contributed by atoms with Gasteiger partial charge in [-0.2, -0.15) is 0 Å². The van der Waals surface area contributed by atoms with Gasteiger partial charge in [-0.3, -0.25) is 9.59 Å². The summed E-state index contributed by atoms with van der Waals surface area (Å²) in [5.41, 5.74) is 0. The molecule has 0 aromatic heterocycles. The molecule has 0 radical (unpaired) electrons. The monoisotopic (exact) mass is 1220 g/mol. The number of ether oxygens (including phenoxy) is 3. The van der Waals surface area contributed by atoms with E-state index < -0.39 is 67.4 Å². The third-order valence-electron chi connectivity index (χ3n) is 16.5. The summed E-state index contributed by atoms with van der Waals surface area (Å²) in [5, 5.41) is 57.3. The molecule has 8 atom stereocenters. The molecule has 502 valence electrons. The molecule has 1 aliphatic rings. The molecule has 0 saturated carbocycles. The Hall–Kier alpha value is -3.42. The zero-order valence-electron chi connectivity index (χ0n) is 55.9. The first-order valence-corrected chi connectivity index (χ1v) is 36.0. The van der Waals surface area contributed by atoms with E-state index in [4.69, 9.17) is 14.2 Å². The average Bonchev–Trinajstić information content (AvgIpc) is 2.32. The number of allylic oxidation sites excluding steroid dienone is 15. The number of amides is 1. The van der Waals surface area contributed by atoms with Crippen LogP contribution in [0.4, 0.5) is 0 Å². The van der Waals surface area contributed by atoms with Crippen molar-refractivity contribution in [1.82, 2.24) is 5.32 Å². The Labute approximate surface area is 533 Å². The van der Waals surface area contributed by atoms with Gasteiger partial charge in [-0.05, 0) is 109 Å². The second-order valence-corrected chi connectivity index (χ2v) is 24.6. The van der Waals surface area contributed by atoms with Gasteiger partial charge in [0.1, 0.15) is 24.4 Å². The number of aliphatic hydroxyl groups excluding tert-OH is 5. The van der Waals surface area contributed by atoms with Crippen molar-refractivity contribution in [3.8, 4) is 0 Å². The lowest BCUT2D eigenvalue weighted by atomic mass is 9.99. The van der Waals surface area contributed by atoms with Gasteiger partial charge in [0.25, 0.3) is 0 Å². The molecule has 6 N–H and O–H groups in total. The Morgan fingerprint density at radius 2 is 0.793 bits per heavy atom. The Kier molecular flexibility index (Phi) is 58.9. The summed E-state index contributed by atoms with van der Waals surface area (Å²) in [6, 6.07) is -1.04. The van der Waals surface area contributed by atoms with Gasteiger partial charge in [-0.1, -0.05) is 291 Å². The topological polar surface area (TPSA) is 175 Å². The fourth-order valence-electron chi connectivity index (χ4n) is 10.8.